The molecular weight excluding hydrogens is 372 g/mol. The first kappa shape index (κ1) is 18.6. The number of aryl methyl sites for hydroxylation is 1. The number of aromatic nitrogens is 1. The molecule has 138 valence electrons. The number of carbonyl (C=O) groups excluding carboxylic acids is 2. The Balaban J connectivity index is 2.02. The van der Waals surface area contributed by atoms with Crippen LogP contribution in [0.1, 0.15) is 28.5 Å². The van der Waals surface area contributed by atoms with Gasteiger partial charge in [0.15, 0.2) is 5.58 Å². The maximum atomic E-state index is 12.5. The number of carbonyl (C=O) groups is 2. The molecule has 0 aliphatic carbocycles. The van der Waals surface area contributed by atoms with E-state index in [-0.39, 0.29) is 17.8 Å². The number of benzene rings is 1. The molecule has 2 aromatic heterocycles. The Morgan fingerprint density at radius 2 is 1.96 bits per heavy atom. The Labute approximate surface area is 158 Å². The standard InChI is InChI=1S/C19H15ClN2O5/c1-10-17-15(12(8-21-10)9-26-11(2)23)7-16(19(25)27-17)18(24)22-14-5-3-13(20)4-6-14/h3-8H,9H2,1-2H3,(H,22,24). The third-order valence-electron chi connectivity index (χ3n) is 3.81. The van der Waals surface area contributed by atoms with Gasteiger partial charge in [0.25, 0.3) is 5.91 Å². The van der Waals surface area contributed by atoms with Gasteiger partial charge in [0.2, 0.25) is 0 Å². The first-order valence-electron chi connectivity index (χ1n) is 7.98. The maximum absolute atomic E-state index is 12.5. The third-order valence-corrected chi connectivity index (χ3v) is 4.07. The Hall–Kier alpha value is -3.19. The number of anilines is 1. The summed E-state index contributed by atoms with van der Waals surface area (Å²) in [6.07, 6.45) is 1.52. The molecule has 0 unspecified atom stereocenters. The van der Waals surface area contributed by atoms with Crippen molar-refractivity contribution in [2.24, 2.45) is 0 Å². The van der Waals surface area contributed by atoms with Crippen molar-refractivity contribution in [2.75, 3.05) is 5.32 Å². The van der Waals surface area contributed by atoms with Gasteiger partial charge in [0, 0.05) is 34.8 Å². The number of esters is 1. The van der Waals surface area contributed by atoms with E-state index in [1.807, 2.05) is 0 Å². The van der Waals surface area contributed by atoms with Crippen LogP contribution in [-0.2, 0) is 16.1 Å². The fourth-order valence-corrected chi connectivity index (χ4v) is 2.59. The highest BCUT2D eigenvalue weighted by Crippen LogP contribution is 2.22. The van der Waals surface area contributed by atoms with E-state index in [0.29, 0.717) is 27.4 Å². The molecule has 2 heterocycles. The minimum atomic E-state index is -0.788. The van der Waals surface area contributed by atoms with Gasteiger partial charge in [-0.05, 0) is 37.3 Å². The predicted octanol–water partition coefficient (Wildman–Crippen LogP) is 3.47. The second kappa shape index (κ2) is 7.59. The van der Waals surface area contributed by atoms with Gasteiger partial charge in [-0.1, -0.05) is 11.6 Å². The van der Waals surface area contributed by atoms with Crippen molar-refractivity contribution in [1.29, 1.82) is 0 Å². The highest BCUT2D eigenvalue weighted by Gasteiger charge is 2.17. The molecule has 7 nitrogen and oxygen atoms in total. The van der Waals surface area contributed by atoms with Crippen molar-refractivity contribution in [3.63, 3.8) is 0 Å². The molecule has 0 aliphatic rings. The summed E-state index contributed by atoms with van der Waals surface area (Å²) in [7, 11) is 0. The number of fused-ring (bicyclic) bond motifs is 1. The summed E-state index contributed by atoms with van der Waals surface area (Å²) in [6.45, 7) is 2.91. The molecular formula is C19H15ClN2O5. The van der Waals surface area contributed by atoms with Crippen LogP contribution < -0.4 is 10.9 Å². The second-order valence-corrected chi connectivity index (χ2v) is 6.24. The van der Waals surface area contributed by atoms with Crippen LogP contribution in [0.2, 0.25) is 5.02 Å². The number of rotatable bonds is 4. The molecule has 3 aromatic rings. The zero-order valence-corrected chi connectivity index (χ0v) is 15.3. The quantitative estimate of drug-likeness (QED) is 0.689. The number of nitrogens with one attached hydrogen (secondary N) is 1. The fraction of sp³-hybridized carbons (Fsp3) is 0.158. The van der Waals surface area contributed by atoms with Crippen molar-refractivity contribution in [3.8, 4) is 0 Å². The Kier molecular flexibility index (Phi) is 5.23. The van der Waals surface area contributed by atoms with Crippen LogP contribution in [0.25, 0.3) is 11.0 Å². The number of ether oxygens (including phenoxy) is 1. The number of pyridine rings is 1. The minimum Gasteiger partial charge on any atom is -0.461 e. The first-order chi connectivity index (χ1) is 12.8. The molecule has 0 atom stereocenters. The smallest absolute Gasteiger partial charge is 0.349 e. The van der Waals surface area contributed by atoms with Crippen LogP contribution >= 0.6 is 11.6 Å². The lowest BCUT2D eigenvalue weighted by molar-refractivity contribution is -0.142. The molecule has 8 heteroatoms. The fourth-order valence-electron chi connectivity index (χ4n) is 2.47. The lowest BCUT2D eigenvalue weighted by Crippen LogP contribution is -2.21. The molecule has 27 heavy (non-hydrogen) atoms. The SMILES string of the molecule is CC(=O)OCc1cnc(C)c2oc(=O)c(C(=O)Nc3ccc(Cl)cc3)cc12. The average molecular weight is 387 g/mol. The van der Waals surface area contributed by atoms with Crippen LogP contribution in [0.15, 0.2) is 45.7 Å². The summed E-state index contributed by atoms with van der Waals surface area (Å²) >= 11 is 5.82. The zero-order chi connectivity index (χ0) is 19.6. The van der Waals surface area contributed by atoms with Gasteiger partial charge in [-0.2, -0.15) is 0 Å². The molecule has 1 aromatic carbocycles. The normalized spacial score (nSPS) is 10.6. The van der Waals surface area contributed by atoms with Crippen LogP contribution in [0, 0.1) is 6.92 Å². The van der Waals surface area contributed by atoms with Crippen LogP contribution in [0.4, 0.5) is 5.69 Å². The number of amides is 1. The highest BCUT2D eigenvalue weighted by molar-refractivity contribution is 6.30. The van der Waals surface area contributed by atoms with Gasteiger partial charge in [0.1, 0.15) is 12.2 Å². The third kappa shape index (κ3) is 4.15. The number of nitrogens with zero attached hydrogens (tertiary/aromatic N) is 1. The molecule has 3 rings (SSSR count). The summed E-state index contributed by atoms with van der Waals surface area (Å²) in [6, 6.07) is 7.88. The van der Waals surface area contributed by atoms with Crippen LogP contribution in [0.5, 0.6) is 0 Å². The summed E-state index contributed by atoms with van der Waals surface area (Å²) in [5.74, 6) is -1.08. The van der Waals surface area contributed by atoms with E-state index in [1.54, 1.807) is 31.2 Å². The Morgan fingerprint density at radius 3 is 2.63 bits per heavy atom. The van der Waals surface area contributed by atoms with Crippen molar-refractivity contribution in [1.82, 2.24) is 4.98 Å². The molecule has 0 spiro atoms. The van der Waals surface area contributed by atoms with Crippen molar-refractivity contribution >= 4 is 40.1 Å². The number of halogens is 1. The van der Waals surface area contributed by atoms with Crippen LogP contribution in [0.3, 0.4) is 0 Å². The van der Waals surface area contributed by atoms with Gasteiger partial charge in [-0.25, -0.2) is 4.79 Å². The van der Waals surface area contributed by atoms with Crippen molar-refractivity contribution in [3.05, 3.63) is 68.8 Å². The highest BCUT2D eigenvalue weighted by atomic mass is 35.5. The summed E-state index contributed by atoms with van der Waals surface area (Å²) in [4.78, 5) is 40.0. The monoisotopic (exact) mass is 386 g/mol. The molecule has 0 fully saturated rings. The molecule has 0 saturated carbocycles. The predicted molar refractivity (Wildman–Crippen MR) is 99.9 cm³/mol. The lowest BCUT2D eigenvalue weighted by atomic mass is 10.1. The molecule has 0 aliphatic heterocycles. The Bertz CT molecular complexity index is 1090. The van der Waals surface area contributed by atoms with E-state index in [0.717, 1.165) is 0 Å². The number of hydrogen-bond donors (Lipinski definition) is 1. The molecule has 1 N–H and O–H groups in total. The van der Waals surface area contributed by atoms with Gasteiger partial charge in [-0.3, -0.25) is 14.6 Å². The molecule has 1 amide bonds. The van der Waals surface area contributed by atoms with E-state index in [9.17, 15) is 14.4 Å². The second-order valence-electron chi connectivity index (χ2n) is 5.80. The topological polar surface area (TPSA) is 98.5 Å². The minimum absolute atomic E-state index is 0.0505. The molecule has 0 radical (unpaired) electrons. The summed E-state index contributed by atoms with van der Waals surface area (Å²) < 4.78 is 10.3. The van der Waals surface area contributed by atoms with Crippen molar-refractivity contribution in [2.45, 2.75) is 20.5 Å². The van der Waals surface area contributed by atoms with Crippen molar-refractivity contribution < 1.29 is 18.7 Å². The maximum Gasteiger partial charge on any atom is 0.349 e. The molecule has 0 bridgehead atoms. The largest absolute Gasteiger partial charge is 0.461 e. The average Bonchev–Trinajstić information content (AvgIpc) is 2.63. The van der Waals surface area contributed by atoms with Gasteiger partial charge < -0.3 is 14.5 Å². The van der Waals surface area contributed by atoms with Crippen LogP contribution in [-0.4, -0.2) is 16.9 Å². The number of hydrogen-bond acceptors (Lipinski definition) is 6. The van der Waals surface area contributed by atoms with E-state index >= 15 is 0 Å². The van der Waals surface area contributed by atoms with Gasteiger partial charge in [-0.15, -0.1) is 0 Å². The van der Waals surface area contributed by atoms with E-state index < -0.39 is 17.5 Å². The summed E-state index contributed by atoms with van der Waals surface area (Å²) in [5.41, 5.74) is 0.770. The Morgan fingerprint density at radius 1 is 1.26 bits per heavy atom. The van der Waals surface area contributed by atoms with Gasteiger partial charge >= 0.3 is 11.6 Å². The lowest BCUT2D eigenvalue weighted by Gasteiger charge is -2.09. The first-order valence-corrected chi connectivity index (χ1v) is 8.35. The van der Waals surface area contributed by atoms with E-state index in [2.05, 4.69) is 10.3 Å². The summed E-state index contributed by atoms with van der Waals surface area (Å²) in [5, 5.41) is 3.62. The van der Waals surface area contributed by atoms with Gasteiger partial charge in [0.05, 0.1) is 5.69 Å². The van der Waals surface area contributed by atoms with E-state index in [1.165, 1.54) is 19.2 Å². The van der Waals surface area contributed by atoms with E-state index in [4.69, 9.17) is 20.8 Å². The zero-order valence-electron chi connectivity index (χ0n) is 14.5. The molecule has 0 saturated heterocycles.